The maximum absolute atomic E-state index is 13.1. The van der Waals surface area contributed by atoms with Crippen LogP contribution >= 0.6 is 23.2 Å². The third-order valence-electron chi connectivity index (χ3n) is 5.96. The third kappa shape index (κ3) is 9.11. The lowest BCUT2D eigenvalue weighted by atomic mass is 10.1. The molecule has 268 valence electrons. The van der Waals surface area contributed by atoms with Crippen molar-refractivity contribution in [3.05, 3.63) is 49.7 Å². The van der Waals surface area contributed by atoms with Gasteiger partial charge in [-0.2, -0.15) is 40.5 Å². The molecule has 3 heterocycles. The lowest BCUT2D eigenvalue weighted by Gasteiger charge is -2.13. The van der Waals surface area contributed by atoms with E-state index in [1.54, 1.807) is 0 Å². The highest BCUT2D eigenvalue weighted by Gasteiger charge is 2.43. The van der Waals surface area contributed by atoms with Crippen LogP contribution in [0.5, 0.6) is 5.88 Å². The minimum Gasteiger partial charge on any atom is -0.417 e. The number of nitrogens with zero attached hydrogens (tertiary/aromatic N) is 6. The Hall–Kier alpha value is -3.57. The molecule has 4 rings (SSSR count). The minimum atomic E-state index is -5.06. The molecule has 0 unspecified atom stereocenters. The molecule has 1 aromatic carbocycles. The van der Waals surface area contributed by atoms with Crippen molar-refractivity contribution in [2.45, 2.75) is 57.9 Å². The Labute approximate surface area is 277 Å². The highest BCUT2D eigenvalue weighted by molar-refractivity contribution is 8.05. The molecule has 14 nitrogen and oxygen atoms in total. The summed E-state index contributed by atoms with van der Waals surface area (Å²) in [6, 6.07) is 2.31. The largest absolute Gasteiger partial charge is 0.435 e. The number of oxime groups is 1. The van der Waals surface area contributed by atoms with Crippen molar-refractivity contribution >= 4 is 53.8 Å². The Kier molecular flexibility index (Phi) is 11.1. The highest BCUT2D eigenvalue weighted by atomic mass is 35.5. The number of aromatic nitrogens is 5. The Bertz CT molecular complexity index is 2010. The molecule has 0 saturated carbocycles. The second-order valence-corrected chi connectivity index (χ2v) is 15.0. The predicted molar refractivity (Wildman–Crippen MR) is 157 cm³/mol. The lowest BCUT2D eigenvalue weighted by molar-refractivity contribution is -0.142. The van der Waals surface area contributed by atoms with Crippen LogP contribution in [0.1, 0.15) is 43.9 Å². The second-order valence-electron chi connectivity index (χ2n) is 10.5. The summed E-state index contributed by atoms with van der Waals surface area (Å²) < 4.78 is 145. The Morgan fingerprint density at radius 3 is 2.15 bits per heavy atom. The lowest BCUT2D eigenvalue weighted by Crippen LogP contribution is -2.25. The molecule has 0 aliphatic carbocycles. The number of nitrogens with one attached hydrogen (secondary N) is 1. The van der Waals surface area contributed by atoms with Crippen LogP contribution in [0.4, 0.5) is 36.4 Å². The first-order valence-corrected chi connectivity index (χ1v) is 17.0. The molecule has 3 aromatic rings. The fourth-order valence-corrected chi connectivity index (χ4v) is 6.68. The molecule has 48 heavy (non-hydrogen) atoms. The van der Waals surface area contributed by atoms with Crippen molar-refractivity contribution in [1.82, 2.24) is 24.1 Å². The van der Waals surface area contributed by atoms with Gasteiger partial charge in [0.1, 0.15) is 11.4 Å². The van der Waals surface area contributed by atoms with E-state index in [1.165, 1.54) is 26.8 Å². The molecule has 0 bridgehead atoms. The monoisotopic (exact) mass is 777 g/mol. The van der Waals surface area contributed by atoms with Crippen LogP contribution in [-0.4, -0.2) is 64.5 Å². The first-order chi connectivity index (χ1) is 21.7. The van der Waals surface area contributed by atoms with E-state index >= 15 is 0 Å². The molecule has 0 amide bonds. The summed E-state index contributed by atoms with van der Waals surface area (Å²) in [5.74, 6) is -2.46. The molecule has 0 saturated heterocycles. The fourth-order valence-electron chi connectivity index (χ4n) is 4.02. The van der Waals surface area contributed by atoms with E-state index in [4.69, 9.17) is 28.0 Å². The molecular weight excluding hydrogens is 754 g/mol. The number of aryl methyl sites for hydroxylation is 2. The van der Waals surface area contributed by atoms with E-state index in [-0.39, 0.29) is 38.2 Å². The molecule has 0 spiro atoms. The molecule has 2 aromatic heterocycles. The van der Waals surface area contributed by atoms with Crippen molar-refractivity contribution in [3.8, 4) is 11.6 Å². The van der Waals surface area contributed by atoms with Crippen molar-refractivity contribution in [2.75, 3.05) is 11.0 Å². The standard InChI is InChI=1S/C12H14F5N3O4S.C11H10Cl2F2N4O3S/c1-11(2)4-7(19-24-11)25(21,22)5-6-8(12(15,16)17)18-20(3)9(6)23-10(13)14;1-5-16-19(11(20)18(5)10(14)15)9-4-8(17-23(2,21)22)6(12)3-7(9)13/h10H,4-5H2,1-3H3;3-4,10,17H,1-2H3. The number of halogens is 9. The molecule has 25 heteroatoms. The molecule has 0 atom stereocenters. The van der Waals surface area contributed by atoms with Crippen LogP contribution in [0, 0.1) is 6.92 Å². The van der Waals surface area contributed by atoms with Gasteiger partial charge in [0.15, 0.2) is 20.6 Å². The molecule has 0 fully saturated rings. The second kappa shape index (κ2) is 13.7. The number of ether oxygens (including phenoxy) is 1. The number of hydrogen-bond acceptors (Lipinski definition) is 10. The normalized spacial score (nSPS) is 14.9. The minimum absolute atomic E-state index is 0.0257. The highest BCUT2D eigenvalue weighted by Crippen LogP contribution is 2.38. The molecule has 1 N–H and O–H groups in total. The SMILES string of the molecule is Cc1nn(-c2cc(NS(C)(=O)=O)c(Cl)cc2Cl)c(=O)n1C(F)F.Cn1nc(C(F)(F)F)c(CS(=O)(=O)C2=NOC(C)(C)C2)c1OC(F)F. The summed E-state index contributed by atoms with van der Waals surface area (Å²) in [5, 5.41) is 9.60. The Morgan fingerprint density at radius 2 is 1.69 bits per heavy atom. The van der Waals surface area contributed by atoms with Crippen molar-refractivity contribution in [1.29, 1.82) is 0 Å². The third-order valence-corrected chi connectivity index (χ3v) is 8.77. The van der Waals surface area contributed by atoms with Crippen molar-refractivity contribution in [3.63, 3.8) is 0 Å². The summed E-state index contributed by atoms with van der Waals surface area (Å²) in [4.78, 5) is 16.9. The van der Waals surface area contributed by atoms with Crippen LogP contribution < -0.4 is 15.1 Å². The van der Waals surface area contributed by atoms with E-state index in [1.807, 2.05) is 0 Å². The van der Waals surface area contributed by atoms with Crippen molar-refractivity contribution in [2.24, 2.45) is 12.2 Å². The van der Waals surface area contributed by atoms with Gasteiger partial charge < -0.3 is 9.57 Å². The first-order valence-electron chi connectivity index (χ1n) is 12.7. The Morgan fingerprint density at radius 1 is 1.08 bits per heavy atom. The van der Waals surface area contributed by atoms with Crippen LogP contribution in [0.2, 0.25) is 10.0 Å². The number of anilines is 1. The number of sulfone groups is 1. The molecule has 1 aliphatic rings. The Balaban J connectivity index is 0.000000261. The van der Waals surface area contributed by atoms with Gasteiger partial charge in [-0.15, -0.1) is 5.10 Å². The van der Waals surface area contributed by atoms with Crippen LogP contribution in [0.3, 0.4) is 0 Å². The zero-order chi connectivity index (χ0) is 36.7. The summed E-state index contributed by atoms with van der Waals surface area (Å²) in [7, 11) is -7.08. The summed E-state index contributed by atoms with van der Waals surface area (Å²) in [6.45, 7) is -2.23. The van der Waals surface area contributed by atoms with Gasteiger partial charge >= 0.3 is 25.0 Å². The predicted octanol–water partition coefficient (Wildman–Crippen LogP) is 4.88. The number of sulfonamides is 1. The summed E-state index contributed by atoms with van der Waals surface area (Å²) in [6.07, 6.45) is -4.32. The van der Waals surface area contributed by atoms with Crippen LogP contribution in [0.25, 0.3) is 5.69 Å². The first kappa shape index (κ1) is 38.9. The quantitative estimate of drug-likeness (QED) is 0.314. The zero-order valence-electron chi connectivity index (χ0n) is 25.0. The van der Waals surface area contributed by atoms with Gasteiger partial charge in [-0.05, 0) is 32.9 Å². The van der Waals surface area contributed by atoms with E-state index < -0.39 is 78.4 Å². The van der Waals surface area contributed by atoms with Gasteiger partial charge in [0.05, 0.1) is 39.0 Å². The number of hydrogen-bond donors (Lipinski definition) is 1. The maximum atomic E-state index is 13.1. The number of benzene rings is 1. The van der Waals surface area contributed by atoms with E-state index in [2.05, 4.69) is 24.8 Å². The molecule has 1 aliphatic heterocycles. The molecular formula is C23H24Cl2F7N7O7S2. The topological polar surface area (TPSA) is 169 Å². The average Bonchev–Trinajstić information content (AvgIpc) is 3.53. The van der Waals surface area contributed by atoms with Crippen LogP contribution in [0.15, 0.2) is 22.1 Å². The number of alkyl halides is 7. The van der Waals surface area contributed by atoms with E-state index in [0.29, 0.717) is 9.36 Å². The summed E-state index contributed by atoms with van der Waals surface area (Å²) in [5.41, 5.74) is -4.84. The van der Waals surface area contributed by atoms with Gasteiger partial charge in [0, 0.05) is 13.5 Å². The van der Waals surface area contributed by atoms with E-state index in [9.17, 15) is 52.4 Å². The zero-order valence-corrected chi connectivity index (χ0v) is 28.1. The van der Waals surface area contributed by atoms with E-state index in [0.717, 1.165) is 19.4 Å². The smallest absolute Gasteiger partial charge is 0.417 e. The number of rotatable bonds is 8. The van der Waals surface area contributed by atoms with Gasteiger partial charge in [-0.3, -0.25) is 4.72 Å². The van der Waals surface area contributed by atoms with Gasteiger partial charge in [0.2, 0.25) is 15.9 Å². The van der Waals surface area contributed by atoms with Crippen molar-refractivity contribution < 1.29 is 57.1 Å². The molecule has 0 radical (unpaired) electrons. The maximum Gasteiger partial charge on any atom is 0.435 e. The van der Waals surface area contributed by atoms with Crippen LogP contribution in [-0.2, 0) is 43.7 Å². The average molecular weight is 779 g/mol. The van der Waals surface area contributed by atoms with Gasteiger partial charge in [0.25, 0.3) is 0 Å². The van der Waals surface area contributed by atoms with Gasteiger partial charge in [-0.25, -0.2) is 30.9 Å². The fraction of sp³-hybridized carbons (Fsp3) is 0.478. The summed E-state index contributed by atoms with van der Waals surface area (Å²) >= 11 is 11.8. The van der Waals surface area contributed by atoms with Gasteiger partial charge in [-0.1, -0.05) is 28.4 Å².